The number of halogens is 2. The molecule has 0 aliphatic rings. The minimum atomic E-state index is -2.81. The second kappa shape index (κ2) is 6.39. The van der Waals surface area contributed by atoms with Crippen molar-refractivity contribution < 1.29 is 13.9 Å². The fourth-order valence-corrected chi connectivity index (χ4v) is 1.26. The van der Waals surface area contributed by atoms with E-state index in [4.69, 9.17) is 10.8 Å². The van der Waals surface area contributed by atoms with Gasteiger partial charge in [-0.3, -0.25) is 0 Å². The van der Waals surface area contributed by atoms with E-state index in [0.717, 1.165) is 0 Å². The monoisotopic (exact) mass is 261 g/mol. The van der Waals surface area contributed by atoms with Crippen LogP contribution in [0.5, 0.6) is 0 Å². The average Bonchev–Trinajstić information content (AvgIpc) is 2.23. The summed E-state index contributed by atoms with van der Waals surface area (Å²) in [6, 6.07) is 0. The summed E-state index contributed by atoms with van der Waals surface area (Å²) in [6.45, 7) is 3.64. The van der Waals surface area contributed by atoms with Crippen LogP contribution in [-0.4, -0.2) is 39.1 Å². The van der Waals surface area contributed by atoms with Crippen molar-refractivity contribution in [3.63, 3.8) is 0 Å². The molecule has 1 unspecified atom stereocenters. The molecule has 0 saturated heterocycles. The van der Waals surface area contributed by atoms with E-state index in [2.05, 4.69) is 20.3 Å². The number of hydrogen-bond donors (Lipinski definition) is 3. The molecular formula is C10H17F2N5O. The van der Waals surface area contributed by atoms with Gasteiger partial charge < -0.3 is 16.2 Å². The van der Waals surface area contributed by atoms with Crippen LogP contribution in [0.2, 0.25) is 0 Å². The summed E-state index contributed by atoms with van der Waals surface area (Å²) in [5, 5.41) is 11.5. The van der Waals surface area contributed by atoms with Crippen LogP contribution in [-0.2, 0) is 6.42 Å². The third kappa shape index (κ3) is 4.74. The predicted octanol–water partition coefficient (Wildman–Crippen LogP) is 0.690. The molecule has 18 heavy (non-hydrogen) atoms. The van der Waals surface area contributed by atoms with E-state index in [1.807, 2.05) is 13.8 Å². The van der Waals surface area contributed by atoms with Crippen LogP contribution in [0.15, 0.2) is 0 Å². The number of rotatable bonds is 6. The maximum absolute atomic E-state index is 12.1. The maximum Gasteiger partial charge on any atom is 0.265 e. The molecule has 0 aromatic carbocycles. The summed E-state index contributed by atoms with van der Waals surface area (Å²) >= 11 is 0. The molecule has 0 saturated carbocycles. The van der Waals surface area contributed by atoms with Crippen LogP contribution < -0.4 is 11.1 Å². The number of nitrogens with two attached hydrogens (primary N) is 1. The SMILES string of the molecule is CC(C)Cc1nc(N)nc(NCC(O)C(F)F)n1. The zero-order valence-electron chi connectivity index (χ0n) is 10.3. The number of alkyl halides is 2. The van der Waals surface area contributed by atoms with Crippen LogP contribution in [0.25, 0.3) is 0 Å². The van der Waals surface area contributed by atoms with E-state index >= 15 is 0 Å². The van der Waals surface area contributed by atoms with Gasteiger partial charge in [-0.15, -0.1) is 0 Å². The summed E-state index contributed by atoms with van der Waals surface area (Å²) in [4.78, 5) is 11.7. The second-order valence-electron chi connectivity index (χ2n) is 4.31. The fraction of sp³-hybridized carbons (Fsp3) is 0.700. The van der Waals surface area contributed by atoms with Crippen LogP contribution in [0.3, 0.4) is 0 Å². The number of anilines is 2. The smallest absolute Gasteiger partial charge is 0.265 e. The van der Waals surface area contributed by atoms with Gasteiger partial charge in [0.15, 0.2) is 0 Å². The van der Waals surface area contributed by atoms with Gasteiger partial charge in [0.2, 0.25) is 11.9 Å². The Morgan fingerprint density at radius 3 is 2.50 bits per heavy atom. The first-order valence-corrected chi connectivity index (χ1v) is 5.59. The van der Waals surface area contributed by atoms with Gasteiger partial charge in [0.25, 0.3) is 6.43 Å². The van der Waals surface area contributed by atoms with Gasteiger partial charge in [0.05, 0.1) is 0 Å². The molecule has 0 fully saturated rings. The summed E-state index contributed by atoms with van der Waals surface area (Å²) in [7, 11) is 0. The zero-order valence-corrected chi connectivity index (χ0v) is 10.3. The van der Waals surface area contributed by atoms with Crippen LogP contribution in [0, 0.1) is 5.92 Å². The highest BCUT2D eigenvalue weighted by Gasteiger charge is 2.17. The first-order valence-electron chi connectivity index (χ1n) is 5.59. The largest absolute Gasteiger partial charge is 0.385 e. The summed E-state index contributed by atoms with van der Waals surface area (Å²) in [5.74, 6) is 0.949. The normalized spacial score (nSPS) is 13.1. The lowest BCUT2D eigenvalue weighted by Gasteiger charge is -2.11. The van der Waals surface area contributed by atoms with E-state index in [1.54, 1.807) is 0 Å². The number of nitrogen functional groups attached to an aromatic ring is 1. The first-order chi connectivity index (χ1) is 8.38. The molecule has 0 aliphatic carbocycles. The van der Waals surface area contributed by atoms with Crippen molar-refractivity contribution in [2.24, 2.45) is 5.92 Å². The number of nitrogens with zero attached hydrogens (tertiary/aromatic N) is 3. The quantitative estimate of drug-likeness (QED) is 0.697. The topological polar surface area (TPSA) is 97.0 Å². The second-order valence-corrected chi connectivity index (χ2v) is 4.31. The van der Waals surface area contributed by atoms with Crippen LogP contribution in [0.1, 0.15) is 19.7 Å². The first kappa shape index (κ1) is 14.5. The summed E-state index contributed by atoms with van der Waals surface area (Å²) < 4.78 is 24.2. The Balaban J connectivity index is 2.68. The summed E-state index contributed by atoms with van der Waals surface area (Å²) in [6.07, 6.45) is -3.97. The van der Waals surface area contributed by atoms with Gasteiger partial charge in [-0.05, 0) is 5.92 Å². The van der Waals surface area contributed by atoms with Crippen molar-refractivity contribution in [3.8, 4) is 0 Å². The van der Waals surface area contributed by atoms with Crippen molar-refractivity contribution >= 4 is 11.9 Å². The minimum Gasteiger partial charge on any atom is -0.385 e. The fourth-order valence-electron chi connectivity index (χ4n) is 1.26. The van der Waals surface area contributed by atoms with Gasteiger partial charge in [-0.1, -0.05) is 13.8 Å². The molecule has 0 bridgehead atoms. The molecule has 0 aliphatic heterocycles. The van der Waals surface area contributed by atoms with Gasteiger partial charge in [0, 0.05) is 13.0 Å². The number of aliphatic hydroxyl groups is 1. The molecule has 102 valence electrons. The molecule has 4 N–H and O–H groups in total. The van der Waals surface area contributed by atoms with Gasteiger partial charge in [-0.2, -0.15) is 15.0 Å². The highest BCUT2D eigenvalue weighted by molar-refractivity contribution is 5.31. The molecular weight excluding hydrogens is 244 g/mol. The lowest BCUT2D eigenvalue weighted by Crippen LogP contribution is -2.27. The van der Waals surface area contributed by atoms with Gasteiger partial charge in [0.1, 0.15) is 11.9 Å². The molecule has 0 spiro atoms. The minimum absolute atomic E-state index is 0.0229. The van der Waals surface area contributed by atoms with E-state index in [1.165, 1.54) is 0 Å². The van der Waals surface area contributed by atoms with Crippen molar-refractivity contribution in [1.82, 2.24) is 15.0 Å². The van der Waals surface area contributed by atoms with Gasteiger partial charge >= 0.3 is 0 Å². The van der Waals surface area contributed by atoms with Crippen molar-refractivity contribution in [1.29, 1.82) is 0 Å². The molecule has 1 heterocycles. The van der Waals surface area contributed by atoms with Crippen LogP contribution in [0.4, 0.5) is 20.7 Å². The number of hydrogen-bond acceptors (Lipinski definition) is 6. The Kier molecular flexibility index (Phi) is 5.14. The third-order valence-electron chi connectivity index (χ3n) is 2.05. The van der Waals surface area contributed by atoms with Crippen molar-refractivity contribution in [2.45, 2.75) is 32.8 Å². The molecule has 1 atom stereocenters. The van der Waals surface area contributed by atoms with Crippen LogP contribution >= 0.6 is 0 Å². The molecule has 6 nitrogen and oxygen atoms in total. The van der Waals surface area contributed by atoms with E-state index in [-0.39, 0.29) is 18.4 Å². The summed E-state index contributed by atoms with van der Waals surface area (Å²) in [5.41, 5.74) is 5.49. The van der Waals surface area contributed by atoms with E-state index < -0.39 is 12.5 Å². The molecule has 1 aromatic rings. The lowest BCUT2D eigenvalue weighted by atomic mass is 10.1. The Morgan fingerprint density at radius 2 is 1.94 bits per heavy atom. The Morgan fingerprint density at radius 1 is 1.28 bits per heavy atom. The molecule has 0 radical (unpaired) electrons. The van der Waals surface area contributed by atoms with Crippen molar-refractivity contribution in [3.05, 3.63) is 5.82 Å². The standard InChI is InChI=1S/C10H17F2N5O/c1-5(2)3-7-15-9(13)17-10(16-7)14-4-6(18)8(11)12/h5-6,8,18H,3-4H2,1-2H3,(H3,13,14,15,16,17). The number of aliphatic hydroxyl groups excluding tert-OH is 1. The highest BCUT2D eigenvalue weighted by Crippen LogP contribution is 2.08. The van der Waals surface area contributed by atoms with Crippen molar-refractivity contribution in [2.75, 3.05) is 17.6 Å². The zero-order chi connectivity index (χ0) is 13.7. The highest BCUT2D eigenvalue weighted by atomic mass is 19.3. The van der Waals surface area contributed by atoms with E-state index in [0.29, 0.717) is 18.2 Å². The lowest BCUT2D eigenvalue weighted by molar-refractivity contribution is 0.00376. The number of nitrogens with one attached hydrogen (secondary N) is 1. The molecule has 1 rings (SSSR count). The molecule has 0 amide bonds. The Hall–Kier alpha value is -1.57. The predicted molar refractivity (Wildman–Crippen MR) is 63.3 cm³/mol. The third-order valence-corrected chi connectivity index (χ3v) is 2.05. The molecule has 1 aromatic heterocycles. The number of aromatic nitrogens is 3. The maximum atomic E-state index is 12.1. The average molecular weight is 261 g/mol. The van der Waals surface area contributed by atoms with E-state index in [9.17, 15) is 8.78 Å². The Labute approximate surface area is 104 Å². The van der Waals surface area contributed by atoms with Gasteiger partial charge in [-0.25, -0.2) is 8.78 Å². The Bertz CT molecular complexity index is 389. The molecule has 8 heteroatoms.